The molecule has 0 saturated carbocycles. The molecule has 0 heteroatoms. The Balaban J connectivity index is 0. The van der Waals surface area contributed by atoms with E-state index in [1.165, 1.54) is 5.57 Å². The maximum Gasteiger partial charge on any atom is -0.0144 e. The molecule has 9 heavy (non-hydrogen) atoms. The molecular weight excluding hydrogens is 108 g/mol. The van der Waals surface area contributed by atoms with Crippen LogP contribution in [0.15, 0.2) is 24.3 Å². The minimum Gasteiger partial charge on any atom is -0.103 e. The summed E-state index contributed by atoms with van der Waals surface area (Å²) in [6, 6.07) is 0. The molecule has 0 amide bonds. The van der Waals surface area contributed by atoms with Crippen molar-refractivity contribution in [2.24, 2.45) is 0 Å². The lowest BCUT2D eigenvalue weighted by Crippen LogP contribution is -1.66. The normalized spacial score (nSPS) is 9.56. The van der Waals surface area contributed by atoms with Crippen LogP contribution < -0.4 is 0 Å². The fourth-order valence-corrected chi connectivity index (χ4v) is 0.346. The molecule has 0 saturated heterocycles. The first-order valence-electron chi connectivity index (χ1n) is 3.54. The van der Waals surface area contributed by atoms with Crippen molar-refractivity contribution >= 4 is 0 Å². The van der Waals surface area contributed by atoms with Crippen LogP contribution in [-0.2, 0) is 0 Å². The van der Waals surface area contributed by atoms with Crippen molar-refractivity contribution in [1.29, 1.82) is 0 Å². The highest BCUT2D eigenvalue weighted by atomic mass is 13.8. The highest BCUT2D eigenvalue weighted by Crippen LogP contribution is 1.96. The quantitative estimate of drug-likeness (QED) is 0.496. The topological polar surface area (TPSA) is 0 Å². The van der Waals surface area contributed by atoms with Gasteiger partial charge in [-0.1, -0.05) is 31.6 Å². The Bertz CT molecular complexity index is 78.0. The molecule has 0 spiro atoms. The molecule has 0 bridgehead atoms. The largest absolute Gasteiger partial charge is 0.103 e. The van der Waals surface area contributed by atoms with E-state index in [1.54, 1.807) is 0 Å². The third-order valence-electron chi connectivity index (χ3n) is 0.959. The molecule has 0 aromatic rings. The first-order chi connectivity index (χ1) is 4.31. The zero-order valence-electron chi connectivity index (χ0n) is 7.07. The molecule has 0 nitrogen and oxygen atoms in total. The Hall–Kier alpha value is -0.520. The highest BCUT2D eigenvalue weighted by Gasteiger charge is 1.76. The average molecular weight is 126 g/mol. The number of rotatable bonds is 2. The van der Waals surface area contributed by atoms with Gasteiger partial charge in [-0.2, -0.15) is 0 Å². The molecule has 0 rings (SSSR count). The van der Waals surface area contributed by atoms with Gasteiger partial charge in [-0.05, 0) is 20.3 Å². The predicted molar refractivity (Wildman–Crippen MR) is 45.6 cm³/mol. The lowest BCUT2D eigenvalue weighted by molar-refractivity contribution is 1.20. The third-order valence-corrected chi connectivity index (χ3v) is 0.959. The lowest BCUT2D eigenvalue weighted by Gasteiger charge is -1.87. The second kappa shape index (κ2) is 10.5. The SMILES string of the molecule is C=CC/C(C)=C\C.CC. The number of allylic oxidation sites excluding steroid dienone is 3. The lowest BCUT2D eigenvalue weighted by atomic mass is 10.2. The summed E-state index contributed by atoms with van der Waals surface area (Å²) >= 11 is 0. The molecule has 0 atom stereocenters. The van der Waals surface area contributed by atoms with Crippen LogP contribution in [-0.4, -0.2) is 0 Å². The van der Waals surface area contributed by atoms with Gasteiger partial charge in [0.15, 0.2) is 0 Å². The molecule has 54 valence electrons. The molecule has 0 N–H and O–H groups in total. The van der Waals surface area contributed by atoms with Gasteiger partial charge < -0.3 is 0 Å². The van der Waals surface area contributed by atoms with Crippen LogP contribution in [0.5, 0.6) is 0 Å². The molecule has 0 aliphatic rings. The van der Waals surface area contributed by atoms with Crippen molar-refractivity contribution in [2.75, 3.05) is 0 Å². The summed E-state index contributed by atoms with van der Waals surface area (Å²) in [5.41, 5.74) is 1.38. The first-order valence-corrected chi connectivity index (χ1v) is 3.54. The van der Waals surface area contributed by atoms with E-state index < -0.39 is 0 Å². The fraction of sp³-hybridized carbons (Fsp3) is 0.556. The minimum atomic E-state index is 1.02. The van der Waals surface area contributed by atoms with Crippen LogP contribution >= 0.6 is 0 Å². The van der Waals surface area contributed by atoms with E-state index in [0.29, 0.717) is 0 Å². The summed E-state index contributed by atoms with van der Waals surface area (Å²) in [7, 11) is 0. The Kier molecular flexibility index (Phi) is 13.1. The van der Waals surface area contributed by atoms with Crippen molar-refractivity contribution in [3.63, 3.8) is 0 Å². The van der Waals surface area contributed by atoms with Gasteiger partial charge in [0.05, 0.1) is 0 Å². The summed E-state index contributed by atoms with van der Waals surface area (Å²) in [6.07, 6.45) is 5.04. The molecule has 0 aromatic carbocycles. The summed E-state index contributed by atoms with van der Waals surface area (Å²) in [5.74, 6) is 0. The first kappa shape index (κ1) is 11.3. The maximum atomic E-state index is 3.61. The van der Waals surface area contributed by atoms with E-state index in [0.717, 1.165) is 6.42 Å². The third kappa shape index (κ3) is 11.2. The molecular formula is C9H18. The smallest absolute Gasteiger partial charge is 0.0144 e. The van der Waals surface area contributed by atoms with Crippen molar-refractivity contribution in [3.05, 3.63) is 24.3 Å². The second-order valence-corrected chi connectivity index (χ2v) is 1.63. The molecule has 0 radical (unpaired) electrons. The van der Waals surface area contributed by atoms with Gasteiger partial charge in [0.25, 0.3) is 0 Å². The summed E-state index contributed by atoms with van der Waals surface area (Å²) < 4.78 is 0. The minimum absolute atomic E-state index is 1.02. The van der Waals surface area contributed by atoms with Crippen LogP contribution in [0, 0.1) is 0 Å². The van der Waals surface area contributed by atoms with E-state index in [-0.39, 0.29) is 0 Å². The Labute approximate surface area is 59.3 Å². The van der Waals surface area contributed by atoms with E-state index in [4.69, 9.17) is 0 Å². The second-order valence-electron chi connectivity index (χ2n) is 1.63. The van der Waals surface area contributed by atoms with Gasteiger partial charge in [-0.3, -0.25) is 0 Å². The molecule has 0 fully saturated rings. The van der Waals surface area contributed by atoms with Crippen molar-refractivity contribution < 1.29 is 0 Å². The van der Waals surface area contributed by atoms with Crippen LogP contribution in [0.4, 0.5) is 0 Å². The van der Waals surface area contributed by atoms with Gasteiger partial charge in [-0.25, -0.2) is 0 Å². The summed E-state index contributed by atoms with van der Waals surface area (Å²) in [5, 5.41) is 0. The molecule has 0 unspecified atom stereocenters. The number of hydrogen-bond acceptors (Lipinski definition) is 0. The van der Waals surface area contributed by atoms with Crippen LogP contribution in [0.1, 0.15) is 34.1 Å². The van der Waals surface area contributed by atoms with E-state index >= 15 is 0 Å². The van der Waals surface area contributed by atoms with E-state index in [2.05, 4.69) is 19.6 Å². The highest BCUT2D eigenvalue weighted by molar-refractivity contribution is 5.00. The number of hydrogen-bond donors (Lipinski definition) is 0. The van der Waals surface area contributed by atoms with Crippen molar-refractivity contribution in [3.8, 4) is 0 Å². The Morgan fingerprint density at radius 1 is 1.44 bits per heavy atom. The van der Waals surface area contributed by atoms with Crippen LogP contribution in [0.25, 0.3) is 0 Å². The Morgan fingerprint density at radius 3 is 2.00 bits per heavy atom. The van der Waals surface area contributed by atoms with Gasteiger partial charge in [-0.15, -0.1) is 6.58 Å². The van der Waals surface area contributed by atoms with Gasteiger partial charge in [0.2, 0.25) is 0 Å². The monoisotopic (exact) mass is 126 g/mol. The van der Waals surface area contributed by atoms with Gasteiger partial charge in [0, 0.05) is 0 Å². The molecule has 0 aliphatic carbocycles. The predicted octanol–water partition coefficient (Wildman–Crippen LogP) is 3.55. The van der Waals surface area contributed by atoms with E-state index in [1.807, 2.05) is 26.8 Å². The van der Waals surface area contributed by atoms with Crippen molar-refractivity contribution in [2.45, 2.75) is 34.1 Å². The summed E-state index contributed by atoms with van der Waals surface area (Å²) in [6.45, 7) is 11.7. The van der Waals surface area contributed by atoms with Crippen LogP contribution in [0.2, 0.25) is 0 Å². The maximum absolute atomic E-state index is 3.61. The standard InChI is InChI=1S/C7H12.C2H6/c1-4-6-7(3)5-2;1-2/h4-5H,1,6H2,2-3H3;1-2H3/b7-5-;. The average Bonchev–Trinajstić information content (AvgIpc) is 1.93. The van der Waals surface area contributed by atoms with Gasteiger partial charge >= 0.3 is 0 Å². The zero-order chi connectivity index (χ0) is 7.70. The molecule has 0 heterocycles. The van der Waals surface area contributed by atoms with Crippen molar-refractivity contribution in [1.82, 2.24) is 0 Å². The van der Waals surface area contributed by atoms with E-state index in [9.17, 15) is 0 Å². The Morgan fingerprint density at radius 2 is 1.89 bits per heavy atom. The van der Waals surface area contributed by atoms with Gasteiger partial charge in [0.1, 0.15) is 0 Å². The molecule has 0 aromatic heterocycles. The fourth-order valence-electron chi connectivity index (χ4n) is 0.346. The molecule has 0 aliphatic heterocycles. The zero-order valence-corrected chi connectivity index (χ0v) is 7.07. The van der Waals surface area contributed by atoms with Crippen LogP contribution in [0.3, 0.4) is 0 Å². The summed E-state index contributed by atoms with van der Waals surface area (Å²) in [4.78, 5) is 0.